The molecule has 1 aliphatic heterocycles. The fraction of sp³-hybridized carbons (Fsp3) is 0.278. The van der Waals surface area contributed by atoms with Crippen LogP contribution in [0.2, 0.25) is 10.0 Å². The van der Waals surface area contributed by atoms with E-state index in [9.17, 15) is 18.3 Å². The van der Waals surface area contributed by atoms with Crippen LogP contribution in [0.25, 0.3) is 0 Å². The van der Waals surface area contributed by atoms with E-state index in [-0.39, 0.29) is 14.9 Å². The second-order valence-corrected chi connectivity index (χ2v) is 8.72. The molecule has 2 aromatic carbocycles. The fourth-order valence-corrected chi connectivity index (χ4v) is 4.90. The lowest BCUT2D eigenvalue weighted by molar-refractivity contribution is -0.255. The monoisotopic (exact) mass is 427 g/mol. The van der Waals surface area contributed by atoms with Crippen LogP contribution in [0.1, 0.15) is 29.6 Å². The average Bonchev–Trinajstić information content (AvgIpc) is 2.62. The highest BCUT2D eigenvalue weighted by Crippen LogP contribution is 2.30. The lowest BCUT2D eigenvalue weighted by Crippen LogP contribution is -2.29. The van der Waals surface area contributed by atoms with Gasteiger partial charge in [0.05, 0.1) is 16.0 Å². The first-order chi connectivity index (χ1) is 12.8. The molecule has 1 fully saturated rings. The molecule has 1 heterocycles. The van der Waals surface area contributed by atoms with Gasteiger partial charge in [0.2, 0.25) is 0 Å². The molecule has 0 atom stereocenters. The Bertz CT molecular complexity index is 956. The van der Waals surface area contributed by atoms with Crippen molar-refractivity contribution in [3.05, 3.63) is 52.0 Å². The van der Waals surface area contributed by atoms with Gasteiger partial charge in [0.15, 0.2) is 0 Å². The number of aromatic carboxylic acids is 1. The minimum Gasteiger partial charge on any atom is -0.545 e. The van der Waals surface area contributed by atoms with Crippen molar-refractivity contribution in [3.63, 3.8) is 0 Å². The standard InChI is InChI=1S/C18H18Cl2N2O4S/c19-15-11-16(20)17(10-14(15)18(23)24)27(25,26)21-12-4-6-13(7-5-12)22-8-2-1-3-9-22/h4-7,10-11,21H,1-3,8-9H2,(H,23,24)/p-1. The summed E-state index contributed by atoms with van der Waals surface area (Å²) in [6.07, 6.45) is 3.51. The quantitative estimate of drug-likeness (QED) is 0.791. The molecule has 0 unspecified atom stereocenters. The molecule has 0 bridgehead atoms. The Balaban J connectivity index is 1.84. The van der Waals surface area contributed by atoms with Crippen LogP contribution < -0.4 is 14.7 Å². The van der Waals surface area contributed by atoms with Gasteiger partial charge >= 0.3 is 0 Å². The zero-order chi connectivity index (χ0) is 19.6. The van der Waals surface area contributed by atoms with Crippen molar-refractivity contribution in [2.24, 2.45) is 0 Å². The highest BCUT2D eigenvalue weighted by Gasteiger charge is 2.21. The highest BCUT2D eigenvalue weighted by molar-refractivity contribution is 7.92. The van der Waals surface area contributed by atoms with Crippen LogP contribution in [0, 0.1) is 0 Å². The van der Waals surface area contributed by atoms with Gasteiger partial charge in [0.25, 0.3) is 10.0 Å². The molecule has 0 aromatic heterocycles. The van der Waals surface area contributed by atoms with Crippen LogP contribution in [0.5, 0.6) is 0 Å². The van der Waals surface area contributed by atoms with Crippen molar-refractivity contribution < 1.29 is 18.3 Å². The lowest BCUT2D eigenvalue weighted by Gasteiger charge is -2.28. The molecule has 1 aliphatic rings. The molecule has 6 nitrogen and oxygen atoms in total. The number of anilines is 2. The number of carbonyl (C=O) groups is 1. The molecule has 2 aromatic rings. The molecule has 0 aliphatic carbocycles. The molecule has 1 saturated heterocycles. The Morgan fingerprint density at radius 1 is 1.00 bits per heavy atom. The summed E-state index contributed by atoms with van der Waals surface area (Å²) in [5.74, 6) is -1.58. The van der Waals surface area contributed by atoms with E-state index < -0.39 is 21.6 Å². The van der Waals surface area contributed by atoms with Gasteiger partial charge in [0, 0.05) is 30.0 Å². The minimum absolute atomic E-state index is 0.178. The first-order valence-electron chi connectivity index (χ1n) is 8.36. The number of nitrogens with zero attached hydrogens (tertiary/aromatic N) is 1. The number of carbonyl (C=O) groups excluding carboxylic acids is 1. The molecule has 1 N–H and O–H groups in total. The number of carboxylic acids is 1. The zero-order valence-corrected chi connectivity index (χ0v) is 16.6. The van der Waals surface area contributed by atoms with Gasteiger partial charge in [-0.3, -0.25) is 4.72 Å². The Kier molecular flexibility index (Phi) is 5.83. The predicted octanol–water partition coefficient (Wildman–Crippen LogP) is 3.15. The Hall–Kier alpha value is -1.96. The van der Waals surface area contributed by atoms with Crippen molar-refractivity contribution >= 4 is 50.6 Å². The number of hydrogen-bond donors (Lipinski definition) is 1. The fourth-order valence-electron chi connectivity index (χ4n) is 2.99. The van der Waals surface area contributed by atoms with E-state index in [1.54, 1.807) is 12.1 Å². The van der Waals surface area contributed by atoms with Crippen molar-refractivity contribution in [2.75, 3.05) is 22.7 Å². The summed E-state index contributed by atoms with van der Waals surface area (Å²) in [5.41, 5.74) is 0.931. The van der Waals surface area contributed by atoms with Gasteiger partial charge < -0.3 is 14.8 Å². The maximum Gasteiger partial charge on any atom is 0.263 e. The first kappa shape index (κ1) is 19.8. The molecule has 0 amide bonds. The summed E-state index contributed by atoms with van der Waals surface area (Å²) in [4.78, 5) is 13.0. The minimum atomic E-state index is -4.10. The summed E-state index contributed by atoms with van der Waals surface area (Å²) in [6, 6.07) is 8.97. The van der Waals surface area contributed by atoms with Crippen LogP contribution in [-0.4, -0.2) is 27.5 Å². The third kappa shape index (κ3) is 4.48. The topological polar surface area (TPSA) is 89.5 Å². The lowest BCUT2D eigenvalue weighted by atomic mass is 10.1. The largest absolute Gasteiger partial charge is 0.545 e. The van der Waals surface area contributed by atoms with E-state index in [0.29, 0.717) is 5.69 Å². The Morgan fingerprint density at radius 3 is 2.22 bits per heavy atom. The second kappa shape index (κ2) is 7.96. The average molecular weight is 428 g/mol. The number of nitrogens with one attached hydrogen (secondary N) is 1. The maximum absolute atomic E-state index is 12.6. The van der Waals surface area contributed by atoms with E-state index in [0.717, 1.165) is 43.8 Å². The molecule has 27 heavy (non-hydrogen) atoms. The van der Waals surface area contributed by atoms with E-state index in [1.165, 1.54) is 6.42 Å². The van der Waals surface area contributed by atoms with Gasteiger partial charge in [-0.2, -0.15) is 0 Å². The van der Waals surface area contributed by atoms with E-state index in [1.807, 2.05) is 12.1 Å². The van der Waals surface area contributed by atoms with Crippen molar-refractivity contribution in [2.45, 2.75) is 24.2 Å². The molecule has 9 heteroatoms. The smallest absolute Gasteiger partial charge is 0.263 e. The summed E-state index contributed by atoms with van der Waals surface area (Å²) >= 11 is 11.7. The van der Waals surface area contributed by atoms with Crippen molar-refractivity contribution in [1.29, 1.82) is 0 Å². The first-order valence-corrected chi connectivity index (χ1v) is 10.6. The molecule has 144 valence electrons. The predicted molar refractivity (Wildman–Crippen MR) is 104 cm³/mol. The van der Waals surface area contributed by atoms with E-state index in [2.05, 4.69) is 9.62 Å². The number of hydrogen-bond acceptors (Lipinski definition) is 5. The highest BCUT2D eigenvalue weighted by atomic mass is 35.5. The Morgan fingerprint density at radius 2 is 1.63 bits per heavy atom. The van der Waals surface area contributed by atoms with Crippen molar-refractivity contribution in [1.82, 2.24) is 0 Å². The van der Waals surface area contributed by atoms with E-state index in [4.69, 9.17) is 23.2 Å². The summed E-state index contributed by atoms with van der Waals surface area (Å²) < 4.78 is 27.7. The van der Waals surface area contributed by atoms with Gasteiger partial charge in [-0.1, -0.05) is 23.2 Å². The third-order valence-corrected chi connectivity index (χ3v) is 6.53. The van der Waals surface area contributed by atoms with Gasteiger partial charge in [-0.25, -0.2) is 8.42 Å². The summed E-state index contributed by atoms with van der Waals surface area (Å²) in [6.45, 7) is 1.97. The SMILES string of the molecule is O=C([O-])c1cc(S(=O)(=O)Nc2ccc(N3CCCCC3)cc2)c(Cl)cc1Cl. The van der Waals surface area contributed by atoms with E-state index >= 15 is 0 Å². The van der Waals surface area contributed by atoms with Crippen molar-refractivity contribution in [3.8, 4) is 0 Å². The molecule has 0 radical (unpaired) electrons. The number of rotatable bonds is 5. The second-order valence-electron chi connectivity index (χ2n) is 6.25. The number of halogens is 2. The van der Waals surface area contributed by atoms with Crippen LogP contribution in [0.3, 0.4) is 0 Å². The molecular weight excluding hydrogens is 411 g/mol. The molecule has 0 saturated carbocycles. The van der Waals surface area contributed by atoms with Crippen LogP contribution in [0.15, 0.2) is 41.3 Å². The Labute approximate surface area is 167 Å². The van der Waals surface area contributed by atoms with Gasteiger partial charge in [-0.05, 0) is 55.7 Å². The van der Waals surface area contributed by atoms with Crippen LogP contribution >= 0.6 is 23.2 Å². The van der Waals surface area contributed by atoms with Crippen LogP contribution in [-0.2, 0) is 10.0 Å². The molecular formula is C18H17Cl2N2O4S-. The normalized spacial score (nSPS) is 14.8. The zero-order valence-electron chi connectivity index (χ0n) is 14.2. The number of carboxylic acid groups (broad SMARTS) is 1. The van der Waals surface area contributed by atoms with Gasteiger partial charge in [0.1, 0.15) is 4.90 Å². The molecule has 3 rings (SSSR count). The summed E-state index contributed by atoms with van der Waals surface area (Å²) in [5, 5.41) is 10.7. The number of benzene rings is 2. The maximum atomic E-state index is 12.6. The van der Waals surface area contributed by atoms with Gasteiger partial charge in [-0.15, -0.1) is 0 Å². The molecule has 0 spiro atoms. The summed E-state index contributed by atoms with van der Waals surface area (Å²) in [7, 11) is -4.10. The number of piperidine rings is 1. The van der Waals surface area contributed by atoms with Crippen LogP contribution in [0.4, 0.5) is 11.4 Å². The number of sulfonamides is 1. The third-order valence-electron chi connectivity index (χ3n) is 4.37.